The van der Waals surface area contributed by atoms with Gasteiger partial charge in [-0.25, -0.2) is 4.98 Å². The van der Waals surface area contributed by atoms with E-state index in [9.17, 15) is 4.79 Å². The van der Waals surface area contributed by atoms with Crippen molar-refractivity contribution in [3.8, 4) is 17.2 Å². The van der Waals surface area contributed by atoms with E-state index in [-0.39, 0.29) is 5.91 Å². The Kier molecular flexibility index (Phi) is 6.13. The number of hydrogen-bond acceptors (Lipinski definition) is 5. The molecule has 1 aliphatic heterocycles. The van der Waals surface area contributed by atoms with E-state index in [0.29, 0.717) is 41.3 Å². The van der Waals surface area contributed by atoms with Crippen LogP contribution in [0.25, 0.3) is 6.08 Å². The van der Waals surface area contributed by atoms with Gasteiger partial charge in [-0.2, -0.15) is 0 Å². The van der Waals surface area contributed by atoms with Crippen molar-refractivity contribution in [1.29, 1.82) is 0 Å². The lowest BCUT2D eigenvalue weighted by Gasteiger charge is -2.20. The number of imidazole rings is 1. The molecule has 1 atom stereocenters. The number of carbonyl (C=O) groups is 1. The van der Waals surface area contributed by atoms with Crippen LogP contribution in [0.15, 0.2) is 54.9 Å². The van der Waals surface area contributed by atoms with Gasteiger partial charge in [-0.1, -0.05) is 29.8 Å². The number of rotatable bonds is 6. The smallest absolute Gasteiger partial charge is 0.244 e. The topological polar surface area (TPSA) is 74.6 Å². The zero-order chi connectivity index (χ0) is 21.8. The third-order valence-corrected chi connectivity index (χ3v) is 5.18. The van der Waals surface area contributed by atoms with Crippen LogP contribution in [0.4, 0.5) is 0 Å². The Bertz CT molecular complexity index is 1130. The van der Waals surface area contributed by atoms with Crippen molar-refractivity contribution in [2.45, 2.75) is 6.04 Å². The molecule has 0 bridgehead atoms. The van der Waals surface area contributed by atoms with E-state index in [1.807, 2.05) is 42.1 Å². The minimum atomic E-state index is -0.489. The minimum Gasteiger partial charge on any atom is -0.496 e. The molecule has 1 N–H and O–H groups in total. The number of halogens is 1. The molecule has 0 saturated heterocycles. The summed E-state index contributed by atoms with van der Waals surface area (Å²) < 4.78 is 18.5. The lowest BCUT2D eigenvalue weighted by molar-refractivity contribution is -0.117. The van der Waals surface area contributed by atoms with E-state index >= 15 is 0 Å². The molecule has 2 aromatic carbocycles. The second-order valence-corrected chi connectivity index (χ2v) is 7.35. The summed E-state index contributed by atoms with van der Waals surface area (Å²) in [5.74, 6) is 2.16. The average Bonchev–Trinajstić information content (AvgIpc) is 3.21. The van der Waals surface area contributed by atoms with Crippen molar-refractivity contribution in [2.24, 2.45) is 7.05 Å². The molecule has 31 heavy (non-hydrogen) atoms. The summed E-state index contributed by atoms with van der Waals surface area (Å²) in [6.45, 7) is 0.920. The largest absolute Gasteiger partial charge is 0.496 e. The van der Waals surface area contributed by atoms with Gasteiger partial charge in [0.2, 0.25) is 5.91 Å². The van der Waals surface area contributed by atoms with Crippen LogP contribution in [0.1, 0.15) is 23.0 Å². The number of nitrogens with one attached hydrogen (secondary N) is 1. The average molecular weight is 440 g/mol. The van der Waals surface area contributed by atoms with E-state index in [1.54, 1.807) is 31.5 Å². The Labute approximate surface area is 185 Å². The molecule has 1 aliphatic rings. The fourth-order valence-electron chi connectivity index (χ4n) is 3.43. The number of aryl methyl sites for hydroxylation is 1. The zero-order valence-electron chi connectivity index (χ0n) is 17.2. The number of carbonyl (C=O) groups excluding carboxylic acids is 1. The molecule has 0 spiro atoms. The molecule has 0 radical (unpaired) electrons. The maximum Gasteiger partial charge on any atom is 0.244 e. The molecule has 3 aromatic rings. The van der Waals surface area contributed by atoms with Gasteiger partial charge >= 0.3 is 0 Å². The zero-order valence-corrected chi connectivity index (χ0v) is 17.9. The number of ether oxygens (including phenoxy) is 3. The normalized spacial score (nSPS) is 13.8. The molecular weight excluding hydrogens is 418 g/mol. The Hall–Kier alpha value is -3.45. The van der Waals surface area contributed by atoms with Crippen LogP contribution in [0.2, 0.25) is 5.02 Å². The highest BCUT2D eigenvalue weighted by molar-refractivity contribution is 6.32. The first kappa shape index (κ1) is 20.8. The molecular formula is C23H22ClN3O4. The van der Waals surface area contributed by atoms with E-state index < -0.39 is 6.04 Å². The van der Waals surface area contributed by atoms with Crippen LogP contribution < -0.4 is 19.5 Å². The maximum atomic E-state index is 12.8. The van der Waals surface area contributed by atoms with Crippen LogP contribution in [0.5, 0.6) is 17.2 Å². The highest BCUT2D eigenvalue weighted by Gasteiger charge is 2.23. The Morgan fingerprint density at radius 3 is 2.87 bits per heavy atom. The first-order chi connectivity index (χ1) is 15.1. The van der Waals surface area contributed by atoms with Gasteiger partial charge in [0.15, 0.2) is 11.5 Å². The van der Waals surface area contributed by atoms with E-state index in [2.05, 4.69) is 10.3 Å². The minimum absolute atomic E-state index is 0.287. The summed E-state index contributed by atoms with van der Waals surface area (Å²) in [4.78, 5) is 17.2. The molecule has 8 heteroatoms. The van der Waals surface area contributed by atoms with Gasteiger partial charge in [-0.15, -0.1) is 0 Å². The lowest BCUT2D eigenvalue weighted by Crippen LogP contribution is -2.30. The highest BCUT2D eigenvalue weighted by Crippen LogP contribution is 2.38. The summed E-state index contributed by atoms with van der Waals surface area (Å²) >= 11 is 6.28. The fourth-order valence-corrected chi connectivity index (χ4v) is 3.70. The second kappa shape index (κ2) is 9.14. The van der Waals surface area contributed by atoms with Crippen molar-refractivity contribution in [3.63, 3.8) is 0 Å². The molecule has 1 unspecified atom stereocenters. The first-order valence-corrected chi connectivity index (χ1v) is 10.1. The highest BCUT2D eigenvalue weighted by atomic mass is 35.5. The molecule has 160 valence electrons. The molecule has 7 nitrogen and oxygen atoms in total. The number of aromatic nitrogens is 2. The van der Waals surface area contributed by atoms with Gasteiger partial charge in [0.05, 0.1) is 12.1 Å². The molecule has 0 aliphatic carbocycles. The number of benzene rings is 2. The van der Waals surface area contributed by atoms with Crippen LogP contribution in [0.3, 0.4) is 0 Å². The number of hydrogen-bond donors (Lipinski definition) is 1. The van der Waals surface area contributed by atoms with Gasteiger partial charge in [-0.05, 0) is 29.8 Å². The van der Waals surface area contributed by atoms with Crippen LogP contribution in [0, 0.1) is 0 Å². The SMILES string of the molecule is COc1ccccc1C(NC(=O)/C=C/c1cc(Cl)c2c(c1)OCCO2)c1nccn1C. The molecule has 1 amide bonds. The van der Waals surface area contributed by atoms with Gasteiger partial charge < -0.3 is 24.1 Å². The van der Waals surface area contributed by atoms with E-state index in [1.165, 1.54) is 6.08 Å². The monoisotopic (exact) mass is 439 g/mol. The van der Waals surface area contributed by atoms with Gasteiger partial charge in [0, 0.05) is 31.1 Å². The molecule has 0 saturated carbocycles. The summed E-state index contributed by atoms with van der Waals surface area (Å²) in [6.07, 6.45) is 6.65. The van der Waals surface area contributed by atoms with Gasteiger partial charge in [0.25, 0.3) is 0 Å². The molecule has 2 heterocycles. The van der Waals surface area contributed by atoms with Crippen LogP contribution in [-0.4, -0.2) is 35.8 Å². The van der Waals surface area contributed by atoms with Gasteiger partial charge in [-0.3, -0.25) is 4.79 Å². The van der Waals surface area contributed by atoms with E-state index in [0.717, 1.165) is 11.1 Å². The fraction of sp³-hybridized carbons (Fsp3) is 0.217. The van der Waals surface area contributed by atoms with Crippen molar-refractivity contribution < 1.29 is 19.0 Å². The number of fused-ring (bicyclic) bond motifs is 1. The maximum absolute atomic E-state index is 12.8. The van der Waals surface area contributed by atoms with Crippen molar-refractivity contribution in [1.82, 2.24) is 14.9 Å². The quantitative estimate of drug-likeness (QED) is 0.592. The first-order valence-electron chi connectivity index (χ1n) is 9.74. The Morgan fingerprint density at radius 1 is 1.29 bits per heavy atom. The predicted octanol–water partition coefficient (Wildman–Crippen LogP) is 3.77. The van der Waals surface area contributed by atoms with Crippen molar-refractivity contribution >= 4 is 23.6 Å². The van der Waals surface area contributed by atoms with Crippen LogP contribution >= 0.6 is 11.6 Å². The summed E-state index contributed by atoms with van der Waals surface area (Å²) in [5.41, 5.74) is 1.54. The Balaban J connectivity index is 1.58. The van der Waals surface area contributed by atoms with Gasteiger partial charge in [0.1, 0.15) is 30.8 Å². The molecule has 0 fully saturated rings. The van der Waals surface area contributed by atoms with E-state index in [4.69, 9.17) is 25.8 Å². The van der Waals surface area contributed by atoms with Crippen molar-refractivity contribution in [2.75, 3.05) is 20.3 Å². The second-order valence-electron chi connectivity index (χ2n) is 6.94. The lowest BCUT2D eigenvalue weighted by atomic mass is 10.0. The number of methoxy groups -OCH3 is 1. The number of nitrogens with zero attached hydrogens (tertiary/aromatic N) is 2. The number of para-hydroxylation sites is 1. The third-order valence-electron chi connectivity index (χ3n) is 4.90. The Morgan fingerprint density at radius 2 is 2.10 bits per heavy atom. The van der Waals surface area contributed by atoms with Crippen molar-refractivity contribution in [3.05, 3.63) is 76.8 Å². The molecule has 4 rings (SSSR count). The molecule has 1 aromatic heterocycles. The number of amides is 1. The van der Waals surface area contributed by atoms with Crippen LogP contribution in [-0.2, 0) is 11.8 Å². The third kappa shape index (κ3) is 4.51. The predicted molar refractivity (Wildman–Crippen MR) is 118 cm³/mol. The summed E-state index contributed by atoms with van der Waals surface area (Å²) in [5, 5.41) is 3.46. The summed E-state index contributed by atoms with van der Waals surface area (Å²) in [6, 6.07) is 10.6. The standard InChI is InChI=1S/C23H22ClN3O4/c1-27-10-9-25-23(27)21(16-5-3-4-6-18(16)29-2)26-20(28)8-7-15-13-17(24)22-19(14-15)30-11-12-31-22/h3-10,13-14,21H,11-12H2,1-2H3,(H,26,28)/b8-7+. The summed E-state index contributed by atoms with van der Waals surface area (Å²) in [7, 11) is 3.48.